The fourth-order valence-corrected chi connectivity index (χ4v) is 6.79. The van der Waals surface area contributed by atoms with Gasteiger partial charge in [-0.1, -0.05) is 38.2 Å². The molecule has 3 heterocycles. The number of nitrogens with two attached hydrogens (primary N) is 2. The summed E-state index contributed by atoms with van der Waals surface area (Å²) in [6, 6.07) is 5.78. The first-order valence-electron chi connectivity index (χ1n) is 14.6. The number of anilines is 1. The maximum absolute atomic E-state index is 12.0. The summed E-state index contributed by atoms with van der Waals surface area (Å²) in [6.07, 6.45) is 6.05. The Hall–Kier alpha value is -2.84. The molecule has 5 N–H and O–H groups in total. The Morgan fingerprint density at radius 3 is 2.64 bits per heavy atom. The van der Waals surface area contributed by atoms with E-state index in [1.807, 2.05) is 18.7 Å². The summed E-state index contributed by atoms with van der Waals surface area (Å²) in [5.41, 5.74) is 16.8. The third kappa shape index (κ3) is 6.11. The average Bonchev–Trinajstić information content (AvgIpc) is 3.20. The number of carbonyl (C=O) groups is 1. The van der Waals surface area contributed by atoms with Gasteiger partial charge in [0.2, 0.25) is 5.91 Å². The molecule has 1 saturated carbocycles. The Labute approximate surface area is 260 Å². The van der Waals surface area contributed by atoms with Crippen molar-refractivity contribution in [3.63, 3.8) is 0 Å². The Morgan fingerprint density at radius 1 is 1.38 bits per heavy atom. The zero-order chi connectivity index (χ0) is 29.5. The van der Waals surface area contributed by atoms with Crippen LogP contribution in [0.2, 0.25) is 0 Å². The van der Waals surface area contributed by atoms with Crippen LogP contribution in [0.4, 0.5) is 11.5 Å². The van der Waals surface area contributed by atoms with Crippen molar-refractivity contribution in [1.29, 1.82) is 5.41 Å². The van der Waals surface area contributed by atoms with E-state index in [1.165, 1.54) is 6.08 Å². The number of amides is 1. The van der Waals surface area contributed by atoms with Gasteiger partial charge in [0, 0.05) is 37.8 Å². The second kappa shape index (κ2) is 12.8. The summed E-state index contributed by atoms with van der Waals surface area (Å²) >= 11 is 0. The number of aromatic nitrogens is 2. The minimum absolute atomic E-state index is 0. The predicted octanol–water partition coefficient (Wildman–Crippen LogP) is 4.24. The molecule has 3 aliphatic rings. The van der Waals surface area contributed by atoms with E-state index < -0.39 is 0 Å². The van der Waals surface area contributed by atoms with Gasteiger partial charge >= 0.3 is 17.4 Å². The van der Waals surface area contributed by atoms with E-state index >= 15 is 0 Å². The molecule has 42 heavy (non-hydrogen) atoms. The molecule has 2 aromatic rings. The number of aryl methyl sites for hydroxylation is 1. The van der Waals surface area contributed by atoms with E-state index in [4.69, 9.17) is 32.0 Å². The number of likely N-dealkylation sites (tertiary alicyclic amines) is 1. The normalized spacial score (nSPS) is 19.1. The molecule has 1 aromatic carbocycles. The zero-order valence-electron chi connectivity index (χ0n) is 25.0. The number of nitrogen functional groups attached to an aromatic ring is 2. The SMILES string of the molecule is C=CC(=O)N1CC2(CC(n3nc([N-]C(CC)CN([CH2-])C4CCOCC4)c(-c4[c-]c(C)cc(N)c4C(=N)N)c3C)C2)C1.[Cr+3]. The third-order valence-electron chi connectivity index (χ3n) is 9.03. The molecule has 1 aromatic heterocycles. The second-order valence-electron chi connectivity index (χ2n) is 12.1. The van der Waals surface area contributed by atoms with E-state index in [-0.39, 0.29) is 46.6 Å². The maximum atomic E-state index is 12.0. The van der Waals surface area contributed by atoms with E-state index in [9.17, 15) is 4.79 Å². The van der Waals surface area contributed by atoms with Crippen molar-refractivity contribution >= 4 is 23.2 Å². The van der Waals surface area contributed by atoms with E-state index in [2.05, 4.69) is 36.2 Å². The van der Waals surface area contributed by atoms with Gasteiger partial charge in [-0.25, -0.2) is 0 Å². The molecule has 2 aliphatic heterocycles. The fraction of sp³-hybridized carbons (Fsp3) is 0.548. The Kier molecular flexibility index (Phi) is 9.78. The van der Waals surface area contributed by atoms with Gasteiger partial charge in [0.05, 0.1) is 5.84 Å². The minimum atomic E-state index is -0.105. The Morgan fingerprint density at radius 2 is 2.05 bits per heavy atom. The van der Waals surface area contributed by atoms with E-state index in [0.717, 1.165) is 75.2 Å². The van der Waals surface area contributed by atoms with Crippen LogP contribution in [0.1, 0.15) is 61.9 Å². The minimum Gasteiger partial charge on any atom is -0.468 e. The van der Waals surface area contributed by atoms with Crippen molar-refractivity contribution in [2.24, 2.45) is 11.1 Å². The van der Waals surface area contributed by atoms with Crippen molar-refractivity contribution in [2.75, 3.05) is 38.6 Å². The number of benzene rings is 1. The van der Waals surface area contributed by atoms with Gasteiger partial charge in [-0.3, -0.25) is 17.3 Å². The monoisotopic (exact) mass is 611 g/mol. The standard InChI is InChI=1S/C31H43N8O2.Cr/c1-6-21(16-37(5)22-8-10-41-11-9-22)35-30-27(24-12-19(3)13-25(32)28(24)29(33)34)20(4)39(36-30)23-14-31(15-23)17-38(18-31)26(40)7-2;/h7,13,21-23H,2,5-6,8-11,14-18H2,1,3-4H3,(H5-,32,33,34,35,36);/q-3;+3. The van der Waals surface area contributed by atoms with Crippen LogP contribution >= 0.6 is 0 Å². The fourth-order valence-electron chi connectivity index (χ4n) is 6.79. The van der Waals surface area contributed by atoms with Gasteiger partial charge < -0.3 is 41.1 Å². The van der Waals surface area contributed by atoms with Crippen molar-refractivity contribution in [1.82, 2.24) is 19.6 Å². The van der Waals surface area contributed by atoms with Gasteiger partial charge in [-0.05, 0) is 74.3 Å². The molecule has 10 nitrogen and oxygen atoms in total. The summed E-state index contributed by atoms with van der Waals surface area (Å²) in [7, 11) is 4.35. The first kappa shape index (κ1) is 32.1. The molecule has 225 valence electrons. The van der Waals surface area contributed by atoms with Crippen molar-refractivity contribution in [3.8, 4) is 11.1 Å². The van der Waals surface area contributed by atoms with Crippen LogP contribution in [-0.4, -0.2) is 76.3 Å². The molecule has 11 heteroatoms. The van der Waals surface area contributed by atoms with Gasteiger partial charge in [0.15, 0.2) is 0 Å². The Bertz CT molecular complexity index is 1320. The van der Waals surface area contributed by atoms with Crippen LogP contribution in [0.3, 0.4) is 0 Å². The third-order valence-corrected chi connectivity index (χ3v) is 9.03. The van der Waals surface area contributed by atoms with Crippen molar-refractivity contribution in [3.05, 3.63) is 54.0 Å². The van der Waals surface area contributed by atoms with Crippen LogP contribution < -0.4 is 11.5 Å². The van der Waals surface area contributed by atoms with Gasteiger partial charge in [0.1, 0.15) is 0 Å². The van der Waals surface area contributed by atoms with Crippen molar-refractivity contribution < 1.29 is 26.9 Å². The smallest absolute Gasteiger partial charge is 0.468 e. The molecule has 1 amide bonds. The van der Waals surface area contributed by atoms with Crippen molar-refractivity contribution in [2.45, 2.75) is 71.0 Å². The molecule has 1 atom stereocenters. The molecule has 1 unspecified atom stereocenters. The average molecular weight is 612 g/mol. The van der Waals surface area contributed by atoms with Gasteiger partial charge in [-0.2, -0.15) is 0 Å². The van der Waals surface area contributed by atoms with Crippen LogP contribution in [0.25, 0.3) is 16.4 Å². The second-order valence-corrected chi connectivity index (χ2v) is 12.1. The van der Waals surface area contributed by atoms with E-state index in [0.29, 0.717) is 35.2 Å². The molecule has 1 radical (unpaired) electrons. The Balaban J connectivity index is 0.00000405. The molecule has 3 fully saturated rings. The number of nitrogens with zero attached hydrogens (tertiary/aromatic N) is 5. The zero-order valence-corrected chi connectivity index (χ0v) is 26.3. The maximum Gasteiger partial charge on any atom is 3.00 e. The molecule has 2 saturated heterocycles. The van der Waals surface area contributed by atoms with Crippen LogP contribution in [0, 0.1) is 37.8 Å². The molecular formula is C31H43CrN8O2. The number of ether oxygens (including phenoxy) is 1. The molecule has 1 aliphatic carbocycles. The first-order chi connectivity index (χ1) is 19.6. The number of hydrogen-bond donors (Lipinski definition) is 3. The first-order valence-corrected chi connectivity index (χ1v) is 14.6. The van der Waals surface area contributed by atoms with Crippen LogP contribution in [0.15, 0.2) is 18.7 Å². The summed E-state index contributed by atoms with van der Waals surface area (Å²) in [4.78, 5) is 16.0. The number of amidine groups is 1. The summed E-state index contributed by atoms with van der Waals surface area (Å²) in [6.45, 7) is 13.5. The number of carbonyl (C=O) groups excluding carboxylic acids is 1. The molecule has 1 spiro atoms. The number of nitrogens with one attached hydrogen (secondary N) is 1. The van der Waals surface area contributed by atoms with Gasteiger partial charge in [-0.15, -0.1) is 23.3 Å². The largest absolute Gasteiger partial charge is 3.00 e. The summed E-state index contributed by atoms with van der Waals surface area (Å²) in [5, 5.41) is 18.6. The van der Waals surface area contributed by atoms with E-state index in [1.54, 1.807) is 6.07 Å². The van der Waals surface area contributed by atoms with Crippen LogP contribution in [-0.2, 0) is 26.9 Å². The summed E-state index contributed by atoms with van der Waals surface area (Å²) in [5.74, 6) is 0.510. The topological polar surface area (TPSA) is 141 Å². The number of hydrogen-bond acceptors (Lipinski definition) is 6. The van der Waals surface area contributed by atoms with Gasteiger partial charge in [0.25, 0.3) is 0 Å². The quantitative estimate of drug-likeness (QED) is 0.121. The molecule has 5 rings (SSSR count). The number of rotatable bonds is 10. The summed E-state index contributed by atoms with van der Waals surface area (Å²) < 4.78 is 7.62. The molecule has 0 bridgehead atoms. The van der Waals surface area contributed by atoms with Crippen LogP contribution in [0.5, 0.6) is 0 Å². The molecular weight excluding hydrogens is 568 g/mol. The predicted molar refractivity (Wildman–Crippen MR) is 162 cm³/mol.